The van der Waals surface area contributed by atoms with E-state index in [9.17, 15) is 4.79 Å². The molecule has 4 aromatic rings. The van der Waals surface area contributed by atoms with E-state index in [-0.39, 0.29) is 11.9 Å². The first-order valence-corrected chi connectivity index (χ1v) is 10.8. The van der Waals surface area contributed by atoms with E-state index in [0.29, 0.717) is 17.3 Å². The maximum atomic E-state index is 12.1. The Kier molecular flexibility index (Phi) is 5.81. The van der Waals surface area contributed by atoms with Crippen LogP contribution in [0.5, 0.6) is 5.75 Å². The van der Waals surface area contributed by atoms with Gasteiger partial charge in [-0.05, 0) is 56.7 Å². The number of benzene rings is 2. The zero-order chi connectivity index (χ0) is 22.0. The molecule has 2 heterocycles. The van der Waals surface area contributed by atoms with Gasteiger partial charge in [-0.3, -0.25) is 4.79 Å². The van der Waals surface area contributed by atoms with Crippen molar-refractivity contribution in [3.63, 3.8) is 0 Å². The Bertz CT molecular complexity index is 1220. The predicted molar refractivity (Wildman–Crippen MR) is 124 cm³/mol. The number of thiazole rings is 1. The van der Waals surface area contributed by atoms with Crippen molar-refractivity contribution >= 4 is 39.8 Å². The number of carbonyl (C=O) groups is 1. The highest BCUT2D eigenvalue weighted by molar-refractivity contribution is 7.13. The molecular weight excluding hydrogens is 410 g/mol. The molecule has 4 rings (SSSR count). The Labute approximate surface area is 184 Å². The van der Waals surface area contributed by atoms with Gasteiger partial charge in [-0.2, -0.15) is 0 Å². The maximum absolute atomic E-state index is 12.1. The number of amides is 1. The van der Waals surface area contributed by atoms with Crippen LogP contribution in [0.2, 0.25) is 0 Å². The minimum Gasteiger partial charge on any atom is -0.494 e. The molecule has 0 radical (unpaired) electrons. The summed E-state index contributed by atoms with van der Waals surface area (Å²) in [5, 5.41) is 9.87. The predicted octanol–water partition coefficient (Wildman–Crippen LogP) is 4.95. The topological polar surface area (TPSA) is 89.0 Å². The molecule has 0 aliphatic rings. The molecule has 0 saturated heterocycles. The number of ether oxygens (including phenoxy) is 1. The van der Waals surface area contributed by atoms with Crippen molar-refractivity contribution in [2.45, 2.75) is 26.8 Å². The Morgan fingerprint density at radius 1 is 1.16 bits per heavy atom. The van der Waals surface area contributed by atoms with E-state index in [1.54, 1.807) is 43.0 Å². The number of anilines is 2. The standard InChI is InChI=1S/C23H23N5O2S/c1-13(2)26-21(29)15-5-7-16(8-6-15)27-23-25-12-18-14(3)17(22-24-9-10-31-22)11-19(30-4)20(18)28-23/h5-13H,1-4H3,(H,26,29)(H,25,27,28). The monoisotopic (exact) mass is 433 g/mol. The summed E-state index contributed by atoms with van der Waals surface area (Å²) in [4.78, 5) is 25.7. The Balaban J connectivity index is 1.64. The summed E-state index contributed by atoms with van der Waals surface area (Å²) >= 11 is 1.58. The first-order valence-electron chi connectivity index (χ1n) is 9.88. The number of nitrogens with one attached hydrogen (secondary N) is 2. The fourth-order valence-electron chi connectivity index (χ4n) is 3.27. The normalized spacial score (nSPS) is 11.0. The van der Waals surface area contributed by atoms with Gasteiger partial charge in [0.25, 0.3) is 5.91 Å². The second kappa shape index (κ2) is 8.69. The smallest absolute Gasteiger partial charge is 0.251 e. The van der Waals surface area contributed by atoms with Crippen LogP contribution in [0.3, 0.4) is 0 Å². The summed E-state index contributed by atoms with van der Waals surface area (Å²) in [5.41, 5.74) is 4.18. The largest absolute Gasteiger partial charge is 0.494 e. The van der Waals surface area contributed by atoms with Crippen molar-refractivity contribution in [3.05, 3.63) is 59.2 Å². The summed E-state index contributed by atoms with van der Waals surface area (Å²) in [6.45, 7) is 5.90. The van der Waals surface area contributed by atoms with Crippen molar-refractivity contribution in [2.75, 3.05) is 12.4 Å². The number of aryl methyl sites for hydroxylation is 1. The third-order valence-electron chi connectivity index (χ3n) is 4.81. The number of carbonyl (C=O) groups excluding carboxylic acids is 1. The van der Waals surface area contributed by atoms with Crippen LogP contribution in [-0.2, 0) is 0 Å². The number of nitrogens with zero attached hydrogens (tertiary/aromatic N) is 3. The van der Waals surface area contributed by atoms with E-state index in [0.717, 1.165) is 32.7 Å². The van der Waals surface area contributed by atoms with Gasteiger partial charge in [-0.15, -0.1) is 11.3 Å². The number of aromatic nitrogens is 3. The molecular formula is C23H23N5O2S. The summed E-state index contributed by atoms with van der Waals surface area (Å²) in [6.07, 6.45) is 3.58. The van der Waals surface area contributed by atoms with Crippen molar-refractivity contribution in [2.24, 2.45) is 0 Å². The highest BCUT2D eigenvalue weighted by Gasteiger charge is 2.15. The number of hydrogen-bond donors (Lipinski definition) is 2. The fourth-order valence-corrected chi connectivity index (χ4v) is 3.98. The molecule has 2 N–H and O–H groups in total. The summed E-state index contributed by atoms with van der Waals surface area (Å²) in [7, 11) is 1.63. The average molecular weight is 434 g/mol. The Morgan fingerprint density at radius 2 is 1.94 bits per heavy atom. The van der Waals surface area contributed by atoms with Crippen LogP contribution in [-0.4, -0.2) is 34.0 Å². The minimum absolute atomic E-state index is 0.0888. The van der Waals surface area contributed by atoms with E-state index < -0.39 is 0 Å². The summed E-state index contributed by atoms with van der Waals surface area (Å²) < 4.78 is 5.61. The third-order valence-corrected chi connectivity index (χ3v) is 5.62. The molecule has 0 spiro atoms. The van der Waals surface area contributed by atoms with Crippen molar-refractivity contribution in [3.8, 4) is 16.3 Å². The summed E-state index contributed by atoms with van der Waals surface area (Å²) in [5.74, 6) is 1.02. The molecule has 1 amide bonds. The zero-order valence-corrected chi connectivity index (χ0v) is 18.6. The molecule has 8 heteroatoms. The molecule has 0 saturated carbocycles. The molecule has 0 fully saturated rings. The number of fused-ring (bicyclic) bond motifs is 1. The van der Waals surface area contributed by atoms with Crippen molar-refractivity contribution in [1.29, 1.82) is 0 Å². The highest BCUT2D eigenvalue weighted by atomic mass is 32.1. The quantitative estimate of drug-likeness (QED) is 0.447. The highest BCUT2D eigenvalue weighted by Crippen LogP contribution is 2.36. The van der Waals surface area contributed by atoms with Gasteiger partial charge in [-0.1, -0.05) is 0 Å². The molecule has 158 valence electrons. The molecule has 0 aliphatic heterocycles. The number of methoxy groups -OCH3 is 1. The molecule has 31 heavy (non-hydrogen) atoms. The minimum atomic E-state index is -0.0975. The lowest BCUT2D eigenvalue weighted by Crippen LogP contribution is -2.29. The molecule has 2 aromatic carbocycles. The van der Waals surface area contributed by atoms with Gasteiger partial charge >= 0.3 is 0 Å². The third kappa shape index (κ3) is 4.34. The maximum Gasteiger partial charge on any atom is 0.251 e. The van der Waals surface area contributed by atoms with Gasteiger partial charge in [-0.25, -0.2) is 15.0 Å². The van der Waals surface area contributed by atoms with Crippen LogP contribution in [0.4, 0.5) is 11.6 Å². The molecule has 0 bridgehead atoms. The van der Waals surface area contributed by atoms with Gasteiger partial charge in [0.15, 0.2) is 0 Å². The van der Waals surface area contributed by atoms with Gasteiger partial charge < -0.3 is 15.4 Å². The zero-order valence-electron chi connectivity index (χ0n) is 17.8. The first-order chi connectivity index (χ1) is 15.0. The van der Waals surface area contributed by atoms with Gasteiger partial charge in [0, 0.05) is 46.0 Å². The van der Waals surface area contributed by atoms with Crippen LogP contribution in [0, 0.1) is 6.92 Å². The van der Waals surface area contributed by atoms with E-state index in [2.05, 4.69) is 25.6 Å². The van der Waals surface area contributed by atoms with Gasteiger partial charge in [0.1, 0.15) is 16.3 Å². The Morgan fingerprint density at radius 3 is 2.58 bits per heavy atom. The van der Waals surface area contributed by atoms with E-state index in [1.807, 2.05) is 44.4 Å². The van der Waals surface area contributed by atoms with Crippen LogP contribution in [0.15, 0.2) is 48.1 Å². The Hall–Kier alpha value is -3.52. The summed E-state index contributed by atoms with van der Waals surface area (Å²) in [6, 6.07) is 9.26. The number of hydrogen-bond acceptors (Lipinski definition) is 7. The lowest BCUT2D eigenvalue weighted by atomic mass is 10.0. The second-order valence-electron chi connectivity index (χ2n) is 7.38. The van der Waals surface area contributed by atoms with Crippen molar-refractivity contribution < 1.29 is 9.53 Å². The molecule has 0 aliphatic carbocycles. The van der Waals surface area contributed by atoms with E-state index in [1.165, 1.54) is 0 Å². The van der Waals surface area contributed by atoms with E-state index in [4.69, 9.17) is 4.74 Å². The average Bonchev–Trinajstić information content (AvgIpc) is 3.29. The van der Waals surface area contributed by atoms with Crippen LogP contribution in [0.1, 0.15) is 29.8 Å². The lowest BCUT2D eigenvalue weighted by Gasteiger charge is -2.13. The fraction of sp³-hybridized carbons (Fsp3) is 0.217. The molecule has 0 unspecified atom stereocenters. The van der Waals surface area contributed by atoms with Crippen LogP contribution >= 0.6 is 11.3 Å². The van der Waals surface area contributed by atoms with Gasteiger partial charge in [0.2, 0.25) is 5.95 Å². The van der Waals surface area contributed by atoms with E-state index >= 15 is 0 Å². The van der Waals surface area contributed by atoms with Crippen molar-refractivity contribution in [1.82, 2.24) is 20.3 Å². The second-order valence-corrected chi connectivity index (χ2v) is 8.27. The van der Waals surface area contributed by atoms with Crippen LogP contribution in [0.25, 0.3) is 21.5 Å². The number of rotatable bonds is 6. The lowest BCUT2D eigenvalue weighted by molar-refractivity contribution is 0.0943. The SMILES string of the molecule is COc1cc(-c2nccs2)c(C)c2cnc(Nc3ccc(C(=O)NC(C)C)cc3)nc12. The van der Waals surface area contributed by atoms with Gasteiger partial charge in [0.05, 0.1) is 7.11 Å². The first kappa shape index (κ1) is 20.7. The molecule has 2 aromatic heterocycles. The molecule has 7 nitrogen and oxygen atoms in total. The van der Waals surface area contributed by atoms with Crippen LogP contribution < -0.4 is 15.4 Å². The molecule has 0 atom stereocenters.